The zero-order valence-electron chi connectivity index (χ0n) is 6.68. The van der Waals surface area contributed by atoms with Crippen LogP contribution in [0.1, 0.15) is 0 Å². The van der Waals surface area contributed by atoms with Crippen LogP contribution in [0.15, 0.2) is 35.2 Å². The Kier molecular flexibility index (Phi) is 4.58. The van der Waals surface area contributed by atoms with Crippen LogP contribution < -0.4 is 0 Å². The van der Waals surface area contributed by atoms with Gasteiger partial charge in [0.05, 0.1) is 6.10 Å². The maximum atomic E-state index is 9.22. The maximum Gasteiger partial charge on any atom is 0.0721 e. The van der Waals surface area contributed by atoms with Gasteiger partial charge in [0.1, 0.15) is 0 Å². The van der Waals surface area contributed by atoms with Crippen LogP contribution in [-0.2, 0) is 0 Å². The molecule has 0 saturated heterocycles. The molecule has 1 atom stereocenters. The summed E-state index contributed by atoms with van der Waals surface area (Å²) in [4.78, 5) is 1.19. The van der Waals surface area contributed by atoms with Crippen LogP contribution in [0.5, 0.6) is 0 Å². The monoisotopic (exact) mass is 200 g/mol. The Labute approximate surface area is 82.6 Å². The molecule has 1 N–H and O–H groups in total. The Morgan fingerprint density at radius 2 is 2.00 bits per heavy atom. The molecule has 0 amide bonds. The van der Waals surface area contributed by atoms with Gasteiger partial charge in [-0.15, -0.1) is 11.8 Å². The average molecular weight is 200 g/mol. The summed E-state index contributed by atoms with van der Waals surface area (Å²) in [7, 11) is 0. The number of aliphatic hydroxyl groups is 1. The molecule has 0 aliphatic rings. The Hall–Kier alpha value is -0.120. The zero-order chi connectivity index (χ0) is 8.81. The van der Waals surface area contributed by atoms with Crippen molar-refractivity contribution in [2.45, 2.75) is 11.0 Å². The van der Waals surface area contributed by atoms with E-state index >= 15 is 0 Å². The Balaban J connectivity index is 2.33. The number of aliphatic hydroxyl groups excluding tert-OH is 1. The van der Waals surface area contributed by atoms with Crippen molar-refractivity contribution in [3.05, 3.63) is 30.3 Å². The average Bonchev–Trinajstić information content (AvgIpc) is 2.16. The van der Waals surface area contributed by atoms with Gasteiger partial charge in [0, 0.05) is 16.4 Å². The first-order valence-corrected chi connectivity index (χ1v) is 5.41. The lowest BCUT2D eigenvalue weighted by molar-refractivity contribution is 0.225. The second kappa shape index (κ2) is 5.51. The van der Waals surface area contributed by atoms with Crippen molar-refractivity contribution in [3.63, 3.8) is 0 Å². The number of hydrogen-bond acceptors (Lipinski definition) is 3. The predicted molar refractivity (Wildman–Crippen MR) is 57.0 cm³/mol. The first-order valence-electron chi connectivity index (χ1n) is 3.79. The molecule has 1 nitrogen and oxygen atoms in total. The van der Waals surface area contributed by atoms with E-state index in [1.54, 1.807) is 11.8 Å². The first-order chi connectivity index (χ1) is 5.83. The van der Waals surface area contributed by atoms with Crippen molar-refractivity contribution in [3.8, 4) is 0 Å². The topological polar surface area (TPSA) is 20.2 Å². The van der Waals surface area contributed by atoms with Crippen molar-refractivity contribution in [1.82, 2.24) is 0 Å². The van der Waals surface area contributed by atoms with E-state index in [1.165, 1.54) is 4.90 Å². The summed E-state index contributed by atoms with van der Waals surface area (Å²) in [5.74, 6) is 1.24. The molecule has 1 aromatic rings. The lowest BCUT2D eigenvalue weighted by Crippen LogP contribution is -2.10. The molecule has 0 bridgehead atoms. The van der Waals surface area contributed by atoms with E-state index < -0.39 is 0 Å². The van der Waals surface area contributed by atoms with Crippen LogP contribution in [-0.4, -0.2) is 22.7 Å². The zero-order valence-corrected chi connectivity index (χ0v) is 8.39. The maximum absolute atomic E-state index is 9.22. The van der Waals surface area contributed by atoms with Gasteiger partial charge in [-0.2, -0.15) is 12.6 Å². The third kappa shape index (κ3) is 3.52. The van der Waals surface area contributed by atoms with Gasteiger partial charge in [-0.3, -0.25) is 0 Å². The standard InChI is InChI=1S/C9H12OS2/c10-8(6-11)7-12-9-4-2-1-3-5-9/h1-5,8,10-11H,6-7H2. The highest BCUT2D eigenvalue weighted by Crippen LogP contribution is 2.17. The third-order valence-corrected chi connectivity index (χ3v) is 2.97. The molecule has 1 aromatic carbocycles. The second-order valence-corrected chi connectivity index (χ2v) is 3.92. The molecule has 3 heteroatoms. The fraction of sp³-hybridized carbons (Fsp3) is 0.333. The highest BCUT2D eigenvalue weighted by molar-refractivity contribution is 7.99. The SMILES string of the molecule is OC(CS)CSc1ccccc1. The van der Waals surface area contributed by atoms with Crippen LogP contribution in [0.3, 0.4) is 0 Å². The molecule has 66 valence electrons. The molecule has 0 aliphatic carbocycles. The van der Waals surface area contributed by atoms with Crippen molar-refractivity contribution in [2.75, 3.05) is 11.5 Å². The van der Waals surface area contributed by atoms with Gasteiger partial charge in [-0.25, -0.2) is 0 Å². The summed E-state index contributed by atoms with van der Waals surface area (Å²) < 4.78 is 0. The molecule has 12 heavy (non-hydrogen) atoms. The van der Waals surface area contributed by atoms with Crippen LogP contribution in [0.4, 0.5) is 0 Å². The summed E-state index contributed by atoms with van der Waals surface area (Å²) in [6.45, 7) is 0. The molecule has 0 heterocycles. The highest BCUT2D eigenvalue weighted by atomic mass is 32.2. The summed E-state index contributed by atoms with van der Waals surface area (Å²) in [6, 6.07) is 10.1. The van der Waals surface area contributed by atoms with Crippen molar-refractivity contribution < 1.29 is 5.11 Å². The van der Waals surface area contributed by atoms with Crippen molar-refractivity contribution >= 4 is 24.4 Å². The lowest BCUT2D eigenvalue weighted by Gasteiger charge is -2.05. The quantitative estimate of drug-likeness (QED) is 0.573. The lowest BCUT2D eigenvalue weighted by atomic mass is 10.4. The molecule has 0 saturated carbocycles. The van der Waals surface area contributed by atoms with E-state index in [0.29, 0.717) is 11.5 Å². The number of benzene rings is 1. The Morgan fingerprint density at radius 3 is 2.58 bits per heavy atom. The largest absolute Gasteiger partial charge is 0.391 e. The Bertz CT molecular complexity index is 213. The molecule has 0 spiro atoms. The summed E-state index contributed by atoms with van der Waals surface area (Å²) in [5.41, 5.74) is 0. The van der Waals surface area contributed by atoms with E-state index in [1.807, 2.05) is 30.3 Å². The normalized spacial score (nSPS) is 12.8. The van der Waals surface area contributed by atoms with Crippen LogP contribution in [0.2, 0.25) is 0 Å². The second-order valence-electron chi connectivity index (χ2n) is 2.46. The first kappa shape index (κ1) is 9.96. The van der Waals surface area contributed by atoms with Gasteiger partial charge >= 0.3 is 0 Å². The predicted octanol–water partition coefficient (Wildman–Crippen LogP) is 2.07. The van der Waals surface area contributed by atoms with Gasteiger partial charge in [0.25, 0.3) is 0 Å². The van der Waals surface area contributed by atoms with Crippen molar-refractivity contribution in [1.29, 1.82) is 0 Å². The molecule has 0 aliphatic heterocycles. The van der Waals surface area contributed by atoms with Crippen LogP contribution >= 0.6 is 24.4 Å². The third-order valence-electron chi connectivity index (χ3n) is 1.40. The van der Waals surface area contributed by atoms with Gasteiger partial charge in [0.15, 0.2) is 0 Å². The fourth-order valence-electron chi connectivity index (χ4n) is 0.762. The molecule has 1 rings (SSSR count). The van der Waals surface area contributed by atoms with Gasteiger partial charge in [-0.1, -0.05) is 18.2 Å². The minimum Gasteiger partial charge on any atom is -0.391 e. The molecular weight excluding hydrogens is 188 g/mol. The van der Waals surface area contributed by atoms with Gasteiger partial charge in [0.2, 0.25) is 0 Å². The fourth-order valence-corrected chi connectivity index (χ4v) is 1.92. The van der Waals surface area contributed by atoms with Gasteiger partial charge < -0.3 is 5.11 Å². The number of hydrogen-bond donors (Lipinski definition) is 2. The molecule has 0 fully saturated rings. The van der Waals surface area contributed by atoms with Crippen LogP contribution in [0, 0.1) is 0 Å². The van der Waals surface area contributed by atoms with Crippen molar-refractivity contribution in [2.24, 2.45) is 0 Å². The summed E-state index contributed by atoms with van der Waals surface area (Å²) in [6.07, 6.45) is -0.307. The molecular formula is C9H12OS2. The highest BCUT2D eigenvalue weighted by Gasteiger charge is 2.01. The summed E-state index contributed by atoms with van der Waals surface area (Å²) in [5, 5.41) is 9.22. The van der Waals surface area contributed by atoms with E-state index in [4.69, 9.17) is 0 Å². The van der Waals surface area contributed by atoms with Crippen LogP contribution in [0.25, 0.3) is 0 Å². The molecule has 0 radical (unpaired) electrons. The van der Waals surface area contributed by atoms with Gasteiger partial charge in [-0.05, 0) is 12.1 Å². The summed E-state index contributed by atoms with van der Waals surface area (Å²) >= 11 is 5.65. The molecule has 0 aromatic heterocycles. The Morgan fingerprint density at radius 1 is 1.33 bits per heavy atom. The number of rotatable bonds is 4. The molecule has 1 unspecified atom stereocenters. The smallest absolute Gasteiger partial charge is 0.0721 e. The van der Waals surface area contributed by atoms with E-state index in [2.05, 4.69) is 12.6 Å². The van der Waals surface area contributed by atoms with E-state index in [0.717, 1.165) is 0 Å². The van der Waals surface area contributed by atoms with E-state index in [-0.39, 0.29) is 6.10 Å². The number of thiol groups is 1. The minimum atomic E-state index is -0.307. The number of thioether (sulfide) groups is 1. The van der Waals surface area contributed by atoms with E-state index in [9.17, 15) is 5.11 Å². The minimum absolute atomic E-state index is 0.307.